The second-order valence-corrected chi connectivity index (χ2v) is 12.8. The summed E-state index contributed by atoms with van der Waals surface area (Å²) in [4.78, 5) is 0. The Kier molecular flexibility index (Phi) is 10.3. The lowest BCUT2D eigenvalue weighted by Gasteiger charge is -2.45. The van der Waals surface area contributed by atoms with Gasteiger partial charge in [-0.3, -0.25) is 0 Å². The van der Waals surface area contributed by atoms with E-state index >= 15 is 0 Å². The molecule has 3 rings (SSSR count). The highest BCUT2D eigenvalue weighted by Crippen LogP contribution is 2.60. The van der Waals surface area contributed by atoms with Crippen LogP contribution in [0.5, 0.6) is 0 Å². The van der Waals surface area contributed by atoms with Crippen molar-refractivity contribution in [2.75, 3.05) is 7.11 Å². The van der Waals surface area contributed by atoms with E-state index in [2.05, 4.69) is 72.1 Å². The van der Waals surface area contributed by atoms with Gasteiger partial charge in [-0.1, -0.05) is 63.6 Å². The van der Waals surface area contributed by atoms with Gasteiger partial charge in [0.1, 0.15) is 0 Å². The molecule has 208 valence electrons. The lowest BCUT2D eigenvalue weighted by molar-refractivity contribution is 0.0502. The van der Waals surface area contributed by atoms with Gasteiger partial charge < -0.3 is 14.9 Å². The summed E-state index contributed by atoms with van der Waals surface area (Å²) in [5.41, 5.74) is 4.77. The number of aliphatic hydroxyl groups is 2. The van der Waals surface area contributed by atoms with Gasteiger partial charge in [-0.25, -0.2) is 0 Å². The topological polar surface area (TPSA) is 49.7 Å². The first kappa shape index (κ1) is 30.1. The van der Waals surface area contributed by atoms with Gasteiger partial charge in [0.15, 0.2) is 0 Å². The van der Waals surface area contributed by atoms with Crippen molar-refractivity contribution in [2.24, 2.45) is 29.1 Å². The van der Waals surface area contributed by atoms with E-state index in [0.717, 1.165) is 24.0 Å². The largest absolute Gasteiger partial charge is 0.393 e. The SMILES string of the molecule is C=C[C@@H](/C=C(\CCCC)C(C)(C)OC)[C@@H](C)[C@H]1CC[C@H]2/C(=C/C=C3/C[C@@H](O)C[C@H](O)C3=C)CCC[C@]12C. The van der Waals surface area contributed by atoms with Crippen molar-refractivity contribution < 1.29 is 14.9 Å². The smallest absolute Gasteiger partial charge is 0.0831 e. The zero-order valence-corrected chi connectivity index (χ0v) is 24.6. The number of fused-ring (bicyclic) bond motifs is 1. The third-order valence-electron chi connectivity index (χ3n) is 10.3. The zero-order valence-electron chi connectivity index (χ0n) is 24.6. The highest BCUT2D eigenvalue weighted by atomic mass is 16.5. The van der Waals surface area contributed by atoms with Crippen LogP contribution in [0.4, 0.5) is 0 Å². The highest BCUT2D eigenvalue weighted by Gasteiger charge is 2.51. The molecule has 0 aliphatic heterocycles. The first-order chi connectivity index (χ1) is 17.5. The minimum absolute atomic E-state index is 0.253. The molecule has 0 aromatic carbocycles. The predicted molar refractivity (Wildman–Crippen MR) is 156 cm³/mol. The van der Waals surface area contributed by atoms with Gasteiger partial charge in [-0.15, -0.1) is 6.58 Å². The maximum atomic E-state index is 10.3. The molecule has 37 heavy (non-hydrogen) atoms. The number of methoxy groups -OCH3 is 1. The summed E-state index contributed by atoms with van der Waals surface area (Å²) in [6, 6.07) is 0. The van der Waals surface area contributed by atoms with E-state index in [1.807, 2.05) is 7.11 Å². The number of hydrogen-bond acceptors (Lipinski definition) is 3. The van der Waals surface area contributed by atoms with Crippen LogP contribution in [-0.2, 0) is 4.74 Å². The number of ether oxygens (including phenoxy) is 1. The molecule has 0 radical (unpaired) electrons. The summed E-state index contributed by atoms with van der Waals surface area (Å²) >= 11 is 0. The Morgan fingerprint density at radius 2 is 1.97 bits per heavy atom. The van der Waals surface area contributed by atoms with Crippen molar-refractivity contribution in [2.45, 2.75) is 117 Å². The molecule has 0 heterocycles. The molecular weight excluding hydrogens is 456 g/mol. The monoisotopic (exact) mass is 510 g/mol. The van der Waals surface area contributed by atoms with Crippen molar-refractivity contribution in [1.29, 1.82) is 0 Å². The van der Waals surface area contributed by atoms with E-state index in [1.54, 1.807) is 5.57 Å². The van der Waals surface area contributed by atoms with Gasteiger partial charge in [-0.05, 0) is 111 Å². The maximum Gasteiger partial charge on any atom is 0.0831 e. The third-order valence-corrected chi connectivity index (χ3v) is 10.3. The second kappa shape index (κ2) is 12.6. The molecule has 2 N–H and O–H groups in total. The van der Waals surface area contributed by atoms with Crippen molar-refractivity contribution in [3.05, 3.63) is 59.8 Å². The van der Waals surface area contributed by atoms with Crippen molar-refractivity contribution in [3.8, 4) is 0 Å². The molecule has 3 saturated carbocycles. The standard InChI is InChI=1S/C34H54O3/c1-9-11-14-28(33(5,6)37-8)20-25(10-2)23(3)30-17-18-31-26(13-12-19-34(30,31)7)15-16-27-21-29(35)22-32(36)24(27)4/h10,15-16,20,23,25,29-32,35-36H,2,4,9,11-14,17-19,21-22H2,1,3,5-8H3/b26-15+,27-16-,28-20+/t23-,25+,29-,30-,31+,32+,34-/m1/s1. The van der Waals surface area contributed by atoms with E-state index in [-0.39, 0.29) is 5.60 Å². The van der Waals surface area contributed by atoms with Crippen LogP contribution in [0.25, 0.3) is 0 Å². The number of rotatable bonds is 10. The lowest BCUT2D eigenvalue weighted by atomic mass is 9.59. The molecule has 0 unspecified atom stereocenters. The minimum Gasteiger partial charge on any atom is -0.393 e. The summed E-state index contributed by atoms with van der Waals surface area (Å²) < 4.78 is 5.91. The van der Waals surface area contributed by atoms with Gasteiger partial charge in [0.25, 0.3) is 0 Å². The van der Waals surface area contributed by atoms with Crippen LogP contribution in [0.3, 0.4) is 0 Å². The van der Waals surface area contributed by atoms with Crippen LogP contribution >= 0.6 is 0 Å². The molecule has 0 bridgehead atoms. The summed E-state index contributed by atoms with van der Waals surface area (Å²) in [5, 5.41) is 20.4. The third kappa shape index (κ3) is 6.60. The van der Waals surface area contributed by atoms with Crippen molar-refractivity contribution in [3.63, 3.8) is 0 Å². The van der Waals surface area contributed by atoms with Gasteiger partial charge >= 0.3 is 0 Å². The summed E-state index contributed by atoms with van der Waals surface area (Å²) in [5.74, 6) is 2.12. The number of aliphatic hydroxyl groups excluding tert-OH is 2. The Hall–Kier alpha value is -1.42. The Morgan fingerprint density at radius 3 is 2.62 bits per heavy atom. The maximum absolute atomic E-state index is 10.3. The number of hydrogen-bond donors (Lipinski definition) is 2. The van der Waals surface area contributed by atoms with Crippen LogP contribution in [-0.4, -0.2) is 35.1 Å². The van der Waals surface area contributed by atoms with Crippen LogP contribution in [0.2, 0.25) is 0 Å². The van der Waals surface area contributed by atoms with Crippen LogP contribution < -0.4 is 0 Å². The molecule has 0 aromatic heterocycles. The Labute approximate surface area is 227 Å². The van der Waals surface area contributed by atoms with Crippen LogP contribution in [0.15, 0.2) is 59.8 Å². The van der Waals surface area contributed by atoms with Gasteiger partial charge in [0.05, 0.1) is 17.8 Å². The molecule has 3 aliphatic carbocycles. The minimum atomic E-state index is -0.629. The van der Waals surface area contributed by atoms with E-state index in [0.29, 0.717) is 41.9 Å². The fourth-order valence-corrected chi connectivity index (χ4v) is 7.63. The quantitative estimate of drug-likeness (QED) is 0.292. The molecular formula is C34H54O3. The van der Waals surface area contributed by atoms with Gasteiger partial charge in [0.2, 0.25) is 0 Å². The molecule has 0 saturated heterocycles. The normalized spacial score (nSPS) is 35.0. The fourth-order valence-electron chi connectivity index (χ4n) is 7.63. The number of unbranched alkanes of at least 4 members (excludes halogenated alkanes) is 1. The Bertz CT molecular complexity index is 906. The molecule has 3 fully saturated rings. The first-order valence-corrected chi connectivity index (χ1v) is 14.8. The first-order valence-electron chi connectivity index (χ1n) is 14.8. The average molecular weight is 511 g/mol. The van der Waals surface area contributed by atoms with E-state index in [1.165, 1.54) is 44.1 Å². The van der Waals surface area contributed by atoms with E-state index in [4.69, 9.17) is 4.74 Å². The molecule has 0 spiro atoms. The molecule has 3 aliphatic rings. The summed E-state index contributed by atoms with van der Waals surface area (Å²) in [6.45, 7) is 20.0. The van der Waals surface area contributed by atoms with Crippen LogP contribution in [0, 0.1) is 29.1 Å². The average Bonchev–Trinajstić information content (AvgIpc) is 3.22. The van der Waals surface area contributed by atoms with Crippen molar-refractivity contribution >= 4 is 0 Å². The van der Waals surface area contributed by atoms with Gasteiger partial charge in [0, 0.05) is 13.5 Å². The molecule has 3 heteroatoms. The second-order valence-electron chi connectivity index (χ2n) is 12.8. The van der Waals surface area contributed by atoms with E-state index in [9.17, 15) is 10.2 Å². The lowest BCUT2D eigenvalue weighted by Crippen LogP contribution is -2.37. The molecule has 3 nitrogen and oxygen atoms in total. The summed E-state index contributed by atoms with van der Waals surface area (Å²) in [6.07, 6.45) is 18.6. The van der Waals surface area contributed by atoms with Crippen LogP contribution in [0.1, 0.15) is 98.8 Å². The molecule has 7 atom stereocenters. The van der Waals surface area contributed by atoms with Crippen molar-refractivity contribution in [1.82, 2.24) is 0 Å². The predicted octanol–water partition coefficient (Wildman–Crippen LogP) is 8.11. The molecule has 0 amide bonds. The van der Waals surface area contributed by atoms with Gasteiger partial charge in [-0.2, -0.15) is 0 Å². The summed E-state index contributed by atoms with van der Waals surface area (Å²) in [7, 11) is 1.82. The fraction of sp³-hybridized carbons (Fsp3) is 0.706. The number of allylic oxidation sites excluding steroid dienone is 5. The Morgan fingerprint density at radius 1 is 1.24 bits per heavy atom. The highest BCUT2D eigenvalue weighted by molar-refractivity contribution is 5.38. The molecule has 0 aromatic rings. The van der Waals surface area contributed by atoms with E-state index < -0.39 is 12.2 Å². The zero-order chi connectivity index (χ0) is 27.4. The Balaban J connectivity index is 1.84.